The van der Waals surface area contributed by atoms with Crippen molar-refractivity contribution in [3.8, 4) is 0 Å². The summed E-state index contributed by atoms with van der Waals surface area (Å²) in [6.07, 6.45) is 1.35. The highest BCUT2D eigenvalue weighted by Crippen LogP contribution is 2.49. The van der Waals surface area contributed by atoms with Gasteiger partial charge in [0, 0.05) is 5.02 Å². The third-order valence-electron chi connectivity index (χ3n) is 3.33. The summed E-state index contributed by atoms with van der Waals surface area (Å²) in [4.78, 5) is 34.0. The summed E-state index contributed by atoms with van der Waals surface area (Å²) in [5, 5.41) is 2.84. The molecule has 0 heterocycles. The molecule has 1 aliphatic carbocycles. The van der Waals surface area contributed by atoms with Crippen LogP contribution in [-0.2, 0) is 24.5 Å². The van der Waals surface area contributed by atoms with Gasteiger partial charge < -0.3 is 15.8 Å². The average molecular weight is 311 g/mol. The van der Waals surface area contributed by atoms with Crippen LogP contribution in [0.5, 0.6) is 0 Å². The maximum Gasteiger partial charge on any atom is 0.317 e. The molecule has 0 unspecified atom stereocenters. The lowest BCUT2D eigenvalue weighted by atomic mass is 9.96. The van der Waals surface area contributed by atoms with Crippen molar-refractivity contribution in [2.75, 3.05) is 13.2 Å². The van der Waals surface area contributed by atoms with E-state index in [4.69, 9.17) is 22.1 Å². The third-order valence-corrected chi connectivity index (χ3v) is 3.58. The highest BCUT2D eigenvalue weighted by molar-refractivity contribution is 6.30. The number of nitrogens with two attached hydrogens (primary N) is 1. The minimum atomic E-state index is -0.672. The van der Waals surface area contributed by atoms with Gasteiger partial charge in [-0.15, -0.1) is 0 Å². The number of nitrogens with one attached hydrogen (secondary N) is 1. The topological polar surface area (TPSA) is 98.5 Å². The van der Waals surface area contributed by atoms with Crippen LogP contribution in [0, 0.1) is 0 Å². The average Bonchev–Trinajstić information content (AvgIpc) is 3.25. The highest BCUT2D eigenvalue weighted by Gasteiger charge is 2.52. The van der Waals surface area contributed by atoms with Gasteiger partial charge in [0.1, 0.15) is 0 Å². The number of primary amides is 1. The van der Waals surface area contributed by atoms with E-state index in [1.807, 2.05) is 0 Å². The summed E-state index contributed by atoms with van der Waals surface area (Å²) < 4.78 is 5.01. The first kappa shape index (κ1) is 15.3. The van der Waals surface area contributed by atoms with Gasteiger partial charge in [0.2, 0.25) is 5.91 Å². The van der Waals surface area contributed by atoms with Crippen LogP contribution in [0.25, 0.3) is 0 Å². The van der Waals surface area contributed by atoms with Crippen LogP contribution < -0.4 is 11.1 Å². The highest BCUT2D eigenvalue weighted by atomic mass is 35.5. The number of carbonyl (C=O) groups excluding carboxylic acids is 3. The van der Waals surface area contributed by atoms with E-state index in [-0.39, 0.29) is 6.54 Å². The van der Waals surface area contributed by atoms with Gasteiger partial charge in [0.05, 0.1) is 12.0 Å². The van der Waals surface area contributed by atoms with Gasteiger partial charge >= 0.3 is 5.97 Å². The van der Waals surface area contributed by atoms with Crippen molar-refractivity contribution in [1.82, 2.24) is 5.32 Å². The molecule has 0 spiro atoms. The third kappa shape index (κ3) is 3.72. The summed E-state index contributed by atoms with van der Waals surface area (Å²) in [5.41, 5.74) is 5.05. The normalized spacial score (nSPS) is 15.1. The summed E-state index contributed by atoms with van der Waals surface area (Å²) in [6.45, 7) is -0.708. The first-order valence-corrected chi connectivity index (χ1v) is 6.80. The molecule has 1 saturated carbocycles. The van der Waals surface area contributed by atoms with Gasteiger partial charge in [-0.05, 0) is 30.5 Å². The molecule has 1 fully saturated rings. The van der Waals surface area contributed by atoms with E-state index in [1.165, 1.54) is 0 Å². The monoisotopic (exact) mass is 310 g/mol. The molecule has 0 saturated heterocycles. The molecule has 1 aromatic carbocycles. The molecule has 0 atom stereocenters. The van der Waals surface area contributed by atoms with E-state index in [9.17, 15) is 14.4 Å². The van der Waals surface area contributed by atoms with Crippen molar-refractivity contribution in [2.24, 2.45) is 5.73 Å². The lowest BCUT2D eigenvalue weighted by Crippen LogP contribution is -2.37. The van der Waals surface area contributed by atoms with Gasteiger partial charge in [-0.3, -0.25) is 14.4 Å². The molecule has 7 heteroatoms. The fourth-order valence-electron chi connectivity index (χ4n) is 2.01. The van der Waals surface area contributed by atoms with E-state index >= 15 is 0 Å². The number of carbonyl (C=O) groups is 3. The summed E-state index contributed by atoms with van der Waals surface area (Å²) in [7, 11) is 0. The van der Waals surface area contributed by atoms with Crippen LogP contribution in [0.15, 0.2) is 24.3 Å². The SMILES string of the molecule is NC(=O)CNC(=O)COC(=O)C1(c2ccc(Cl)cc2)CC1. The Morgan fingerprint density at radius 3 is 2.38 bits per heavy atom. The fraction of sp³-hybridized carbons (Fsp3) is 0.357. The molecule has 0 bridgehead atoms. The molecule has 0 radical (unpaired) electrons. The largest absolute Gasteiger partial charge is 0.455 e. The van der Waals surface area contributed by atoms with Crippen LogP contribution in [-0.4, -0.2) is 30.9 Å². The predicted octanol–water partition coefficient (Wildman–Crippen LogP) is 0.516. The van der Waals surface area contributed by atoms with Crippen LogP contribution >= 0.6 is 11.6 Å². The molecule has 2 rings (SSSR count). The standard InChI is InChI=1S/C14H15ClN2O4/c15-10-3-1-9(2-4-10)14(5-6-14)13(20)21-8-12(19)17-7-11(16)18/h1-4H,5-8H2,(H2,16,18)(H,17,19). The fourth-order valence-corrected chi connectivity index (χ4v) is 2.14. The van der Waals surface area contributed by atoms with E-state index in [2.05, 4.69) is 5.32 Å². The van der Waals surface area contributed by atoms with E-state index in [0.717, 1.165) is 5.56 Å². The smallest absolute Gasteiger partial charge is 0.317 e. The number of benzene rings is 1. The number of ether oxygens (including phenoxy) is 1. The van der Waals surface area contributed by atoms with Crippen LogP contribution in [0.2, 0.25) is 5.02 Å². The summed E-state index contributed by atoms with van der Waals surface area (Å²) in [6, 6.07) is 6.99. The lowest BCUT2D eigenvalue weighted by Gasteiger charge is -2.14. The maximum absolute atomic E-state index is 12.1. The van der Waals surface area contributed by atoms with Crippen molar-refractivity contribution in [3.63, 3.8) is 0 Å². The molecular weight excluding hydrogens is 296 g/mol. The zero-order chi connectivity index (χ0) is 15.5. The Kier molecular flexibility index (Phi) is 4.47. The minimum Gasteiger partial charge on any atom is -0.455 e. The minimum absolute atomic E-state index is 0.279. The van der Waals surface area contributed by atoms with Crippen molar-refractivity contribution in [3.05, 3.63) is 34.9 Å². The molecule has 0 aliphatic heterocycles. The Bertz CT molecular complexity index is 567. The molecular formula is C14H15ClN2O4. The molecule has 0 aromatic heterocycles. The van der Waals surface area contributed by atoms with Crippen molar-refractivity contribution in [1.29, 1.82) is 0 Å². The number of halogens is 1. The first-order chi connectivity index (χ1) is 9.94. The second-order valence-electron chi connectivity index (χ2n) is 4.91. The number of esters is 1. The molecule has 21 heavy (non-hydrogen) atoms. The zero-order valence-corrected chi connectivity index (χ0v) is 12.0. The number of hydrogen-bond donors (Lipinski definition) is 2. The van der Waals surface area contributed by atoms with Crippen LogP contribution in [0.1, 0.15) is 18.4 Å². The Morgan fingerprint density at radius 2 is 1.86 bits per heavy atom. The molecule has 1 aliphatic rings. The summed E-state index contributed by atoms with van der Waals surface area (Å²) in [5.74, 6) is -1.66. The molecule has 112 valence electrons. The van der Waals surface area contributed by atoms with Crippen molar-refractivity contribution >= 4 is 29.4 Å². The summed E-state index contributed by atoms with van der Waals surface area (Å²) >= 11 is 5.82. The maximum atomic E-state index is 12.1. The van der Waals surface area contributed by atoms with Gasteiger partial charge in [-0.25, -0.2) is 0 Å². The Morgan fingerprint density at radius 1 is 1.24 bits per heavy atom. The Balaban J connectivity index is 1.90. The molecule has 6 nitrogen and oxygen atoms in total. The Labute approximate surface area is 126 Å². The van der Waals surface area contributed by atoms with Gasteiger partial charge in [0.15, 0.2) is 6.61 Å². The van der Waals surface area contributed by atoms with Gasteiger partial charge in [0.25, 0.3) is 5.91 Å². The molecule has 3 N–H and O–H groups in total. The molecule has 1 aromatic rings. The van der Waals surface area contributed by atoms with Crippen molar-refractivity contribution in [2.45, 2.75) is 18.3 Å². The van der Waals surface area contributed by atoms with Crippen molar-refractivity contribution < 1.29 is 19.1 Å². The number of hydrogen-bond acceptors (Lipinski definition) is 4. The quantitative estimate of drug-likeness (QED) is 0.748. The lowest BCUT2D eigenvalue weighted by molar-refractivity contribution is -0.151. The first-order valence-electron chi connectivity index (χ1n) is 6.42. The van der Waals surface area contributed by atoms with E-state index in [0.29, 0.717) is 17.9 Å². The second-order valence-corrected chi connectivity index (χ2v) is 5.34. The second kappa shape index (κ2) is 6.13. The van der Waals surface area contributed by atoms with Crippen LogP contribution in [0.4, 0.5) is 0 Å². The number of amides is 2. The van der Waals surface area contributed by atoms with E-state index in [1.54, 1.807) is 24.3 Å². The molecule has 2 amide bonds. The van der Waals surface area contributed by atoms with Crippen LogP contribution in [0.3, 0.4) is 0 Å². The number of rotatable bonds is 6. The van der Waals surface area contributed by atoms with Gasteiger partial charge in [-0.2, -0.15) is 0 Å². The van der Waals surface area contributed by atoms with E-state index < -0.39 is 29.8 Å². The van der Waals surface area contributed by atoms with Gasteiger partial charge in [-0.1, -0.05) is 23.7 Å². The predicted molar refractivity (Wildman–Crippen MR) is 75.5 cm³/mol. The zero-order valence-electron chi connectivity index (χ0n) is 11.2. The Hall–Kier alpha value is -2.08.